The van der Waals surface area contributed by atoms with Crippen LogP contribution in [0.2, 0.25) is 0 Å². The molecular formula is C13H19N3O3. The fourth-order valence-corrected chi connectivity index (χ4v) is 2.24. The predicted octanol–water partition coefficient (Wildman–Crippen LogP) is 0.720. The van der Waals surface area contributed by atoms with Gasteiger partial charge in [-0.15, -0.1) is 0 Å². The van der Waals surface area contributed by atoms with Gasteiger partial charge in [-0.1, -0.05) is 20.8 Å². The molecule has 0 aromatic carbocycles. The SMILES string of the molecule is CCc1cnc(CN2C(=O)CNC(=O)C2C(C)C)o1. The van der Waals surface area contributed by atoms with Crippen molar-refractivity contribution < 1.29 is 14.0 Å². The van der Waals surface area contributed by atoms with Crippen molar-refractivity contribution in [2.75, 3.05) is 6.54 Å². The Morgan fingerprint density at radius 2 is 2.26 bits per heavy atom. The first-order chi connectivity index (χ1) is 9.02. The molecule has 0 spiro atoms. The predicted molar refractivity (Wildman–Crippen MR) is 68.1 cm³/mol. The summed E-state index contributed by atoms with van der Waals surface area (Å²) in [5.41, 5.74) is 0. The van der Waals surface area contributed by atoms with Crippen LogP contribution in [0.15, 0.2) is 10.6 Å². The van der Waals surface area contributed by atoms with Crippen molar-refractivity contribution in [2.45, 2.75) is 39.8 Å². The number of carbonyl (C=O) groups excluding carboxylic acids is 2. The molecule has 19 heavy (non-hydrogen) atoms. The summed E-state index contributed by atoms with van der Waals surface area (Å²) in [5, 5.41) is 2.61. The van der Waals surface area contributed by atoms with Gasteiger partial charge >= 0.3 is 0 Å². The van der Waals surface area contributed by atoms with E-state index in [1.807, 2.05) is 20.8 Å². The Hall–Kier alpha value is -1.85. The molecule has 1 N–H and O–H groups in total. The highest BCUT2D eigenvalue weighted by Gasteiger charge is 2.37. The van der Waals surface area contributed by atoms with Gasteiger partial charge in [0, 0.05) is 6.42 Å². The molecule has 6 heteroatoms. The zero-order valence-corrected chi connectivity index (χ0v) is 11.5. The second-order valence-electron chi connectivity index (χ2n) is 5.00. The Bertz CT molecular complexity index is 481. The molecule has 0 bridgehead atoms. The largest absolute Gasteiger partial charge is 0.444 e. The van der Waals surface area contributed by atoms with E-state index in [1.165, 1.54) is 0 Å². The molecule has 1 unspecified atom stereocenters. The van der Waals surface area contributed by atoms with E-state index in [0.29, 0.717) is 5.89 Å². The third-order valence-corrected chi connectivity index (χ3v) is 3.23. The Balaban J connectivity index is 2.18. The molecule has 2 heterocycles. The molecule has 0 radical (unpaired) electrons. The first-order valence-corrected chi connectivity index (χ1v) is 6.53. The minimum absolute atomic E-state index is 0.0450. The van der Waals surface area contributed by atoms with E-state index in [1.54, 1.807) is 11.1 Å². The van der Waals surface area contributed by atoms with Gasteiger partial charge in [-0.2, -0.15) is 0 Å². The quantitative estimate of drug-likeness (QED) is 0.870. The average Bonchev–Trinajstić information content (AvgIpc) is 2.81. The van der Waals surface area contributed by atoms with E-state index >= 15 is 0 Å². The van der Waals surface area contributed by atoms with Gasteiger partial charge in [-0.25, -0.2) is 4.98 Å². The van der Waals surface area contributed by atoms with Crippen LogP contribution in [0.4, 0.5) is 0 Å². The maximum atomic E-state index is 12.0. The molecular weight excluding hydrogens is 246 g/mol. The van der Waals surface area contributed by atoms with Crippen molar-refractivity contribution in [2.24, 2.45) is 5.92 Å². The number of nitrogens with zero attached hydrogens (tertiary/aromatic N) is 2. The topological polar surface area (TPSA) is 75.4 Å². The molecule has 1 aliphatic rings. The van der Waals surface area contributed by atoms with E-state index in [0.717, 1.165) is 12.2 Å². The number of hydrogen-bond acceptors (Lipinski definition) is 4. The summed E-state index contributed by atoms with van der Waals surface area (Å²) >= 11 is 0. The zero-order valence-electron chi connectivity index (χ0n) is 11.5. The number of aryl methyl sites for hydroxylation is 1. The molecule has 1 saturated heterocycles. The lowest BCUT2D eigenvalue weighted by molar-refractivity contribution is -0.148. The first kappa shape index (κ1) is 13.6. The molecule has 1 aromatic heterocycles. The Morgan fingerprint density at radius 3 is 2.84 bits per heavy atom. The summed E-state index contributed by atoms with van der Waals surface area (Å²) in [6.45, 7) is 6.10. The third kappa shape index (κ3) is 2.77. The summed E-state index contributed by atoms with van der Waals surface area (Å²) in [6.07, 6.45) is 2.42. The summed E-state index contributed by atoms with van der Waals surface area (Å²) < 4.78 is 5.51. The van der Waals surface area contributed by atoms with Crippen molar-refractivity contribution in [1.82, 2.24) is 15.2 Å². The van der Waals surface area contributed by atoms with E-state index in [2.05, 4.69) is 10.3 Å². The number of carbonyl (C=O) groups is 2. The smallest absolute Gasteiger partial charge is 0.243 e. The molecule has 1 aromatic rings. The fourth-order valence-electron chi connectivity index (χ4n) is 2.24. The van der Waals surface area contributed by atoms with Crippen LogP contribution < -0.4 is 5.32 Å². The van der Waals surface area contributed by atoms with Crippen molar-refractivity contribution in [1.29, 1.82) is 0 Å². The van der Waals surface area contributed by atoms with Crippen LogP contribution in [-0.4, -0.2) is 34.3 Å². The fraction of sp³-hybridized carbons (Fsp3) is 0.615. The second kappa shape index (κ2) is 5.42. The van der Waals surface area contributed by atoms with Crippen LogP contribution >= 0.6 is 0 Å². The van der Waals surface area contributed by atoms with Crippen LogP contribution in [0.25, 0.3) is 0 Å². The van der Waals surface area contributed by atoms with Crippen LogP contribution in [0.3, 0.4) is 0 Å². The van der Waals surface area contributed by atoms with E-state index < -0.39 is 6.04 Å². The van der Waals surface area contributed by atoms with Gasteiger partial charge in [-0.3, -0.25) is 9.59 Å². The number of aromatic nitrogens is 1. The zero-order chi connectivity index (χ0) is 14.0. The average molecular weight is 265 g/mol. The Kier molecular flexibility index (Phi) is 3.87. The highest BCUT2D eigenvalue weighted by Crippen LogP contribution is 2.18. The Morgan fingerprint density at radius 1 is 1.53 bits per heavy atom. The highest BCUT2D eigenvalue weighted by atomic mass is 16.4. The summed E-state index contributed by atoms with van der Waals surface area (Å²) in [6, 6.07) is -0.460. The van der Waals surface area contributed by atoms with E-state index in [9.17, 15) is 9.59 Å². The standard InChI is InChI=1S/C13H19N3O3/c1-4-9-5-14-10(19-9)7-16-11(17)6-15-13(18)12(16)8(2)3/h5,8,12H,4,6-7H2,1-3H3,(H,15,18). The number of amides is 2. The lowest BCUT2D eigenvalue weighted by Gasteiger charge is -2.36. The van der Waals surface area contributed by atoms with Gasteiger partial charge in [0.25, 0.3) is 0 Å². The van der Waals surface area contributed by atoms with Gasteiger partial charge in [0.15, 0.2) is 0 Å². The number of piperazine rings is 1. The summed E-state index contributed by atoms with van der Waals surface area (Å²) in [4.78, 5) is 29.6. The number of hydrogen-bond donors (Lipinski definition) is 1. The van der Waals surface area contributed by atoms with Crippen LogP contribution in [-0.2, 0) is 22.6 Å². The van der Waals surface area contributed by atoms with Crippen LogP contribution in [0.5, 0.6) is 0 Å². The Labute approximate surface area is 112 Å². The molecule has 6 nitrogen and oxygen atoms in total. The van der Waals surface area contributed by atoms with E-state index in [-0.39, 0.29) is 30.8 Å². The van der Waals surface area contributed by atoms with Crippen LogP contribution in [0, 0.1) is 5.92 Å². The normalized spacial score (nSPS) is 20.0. The number of oxazole rings is 1. The third-order valence-electron chi connectivity index (χ3n) is 3.23. The number of nitrogens with one attached hydrogen (secondary N) is 1. The maximum absolute atomic E-state index is 12.0. The summed E-state index contributed by atoms with van der Waals surface area (Å²) in [7, 11) is 0. The minimum atomic E-state index is -0.460. The molecule has 1 aliphatic heterocycles. The van der Waals surface area contributed by atoms with E-state index in [4.69, 9.17) is 4.42 Å². The maximum Gasteiger partial charge on any atom is 0.243 e. The van der Waals surface area contributed by atoms with Gasteiger partial charge in [0.05, 0.1) is 19.3 Å². The molecule has 0 saturated carbocycles. The van der Waals surface area contributed by atoms with Crippen molar-refractivity contribution in [3.05, 3.63) is 17.8 Å². The lowest BCUT2D eigenvalue weighted by atomic mass is 9.99. The van der Waals surface area contributed by atoms with Gasteiger partial charge in [0.1, 0.15) is 11.8 Å². The molecule has 2 rings (SSSR count). The molecule has 1 atom stereocenters. The van der Waals surface area contributed by atoms with Gasteiger partial charge in [0.2, 0.25) is 17.7 Å². The molecule has 1 fully saturated rings. The molecule has 104 valence electrons. The van der Waals surface area contributed by atoms with Crippen molar-refractivity contribution in [3.8, 4) is 0 Å². The minimum Gasteiger partial charge on any atom is -0.444 e. The molecule has 2 amide bonds. The van der Waals surface area contributed by atoms with Gasteiger partial charge in [-0.05, 0) is 5.92 Å². The molecule has 0 aliphatic carbocycles. The highest BCUT2D eigenvalue weighted by molar-refractivity contribution is 5.94. The first-order valence-electron chi connectivity index (χ1n) is 6.53. The van der Waals surface area contributed by atoms with Crippen LogP contribution in [0.1, 0.15) is 32.4 Å². The van der Waals surface area contributed by atoms with Crippen molar-refractivity contribution in [3.63, 3.8) is 0 Å². The number of rotatable bonds is 4. The monoisotopic (exact) mass is 265 g/mol. The van der Waals surface area contributed by atoms with Crippen molar-refractivity contribution >= 4 is 11.8 Å². The van der Waals surface area contributed by atoms with Gasteiger partial charge < -0.3 is 14.6 Å². The second-order valence-corrected chi connectivity index (χ2v) is 5.00. The summed E-state index contributed by atoms with van der Waals surface area (Å²) in [5.74, 6) is 1.09. The lowest BCUT2D eigenvalue weighted by Crippen LogP contribution is -2.59.